The Morgan fingerprint density at radius 2 is 2.21 bits per heavy atom. The normalized spacial score (nSPS) is 17.1. The molecule has 1 atom stereocenters. The van der Waals surface area contributed by atoms with Crippen LogP contribution in [-0.4, -0.2) is 37.2 Å². The SMILES string of the molecule is CCC(C)C(=O)Nc1ccc(N2CCOCC2)cn1. The van der Waals surface area contributed by atoms with Gasteiger partial charge in [-0.2, -0.15) is 0 Å². The van der Waals surface area contributed by atoms with Crippen LogP contribution in [0.1, 0.15) is 20.3 Å². The van der Waals surface area contributed by atoms with E-state index in [0.29, 0.717) is 5.82 Å². The van der Waals surface area contributed by atoms with Crippen molar-refractivity contribution in [3.63, 3.8) is 0 Å². The van der Waals surface area contributed by atoms with Crippen molar-refractivity contribution >= 4 is 17.4 Å². The van der Waals surface area contributed by atoms with Crippen LogP contribution in [-0.2, 0) is 9.53 Å². The molecule has 1 unspecified atom stereocenters. The van der Waals surface area contributed by atoms with E-state index in [4.69, 9.17) is 4.74 Å². The number of carbonyl (C=O) groups is 1. The summed E-state index contributed by atoms with van der Waals surface area (Å²) >= 11 is 0. The summed E-state index contributed by atoms with van der Waals surface area (Å²) in [5.74, 6) is 0.650. The van der Waals surface area contributed by atoms with Crippen LogP contribution >= 0.6 is 0 Å². The van der Waals surface area contributed by atoms with Crippen LogP contribution in [0.5, 0.6) is 0 Å². The molecule has 5 heteroatoms. The Morgan fingerprint density at radius 3 is 2.79 bits per heavy atom. The van der Waals surface area contributed by atoms with Crippen molar-refractivity contribution in [2.45, 2.75) is 20.3 Å². The average molecular weight is 263 g/mol. The van der Waals surface area contributed by atoms with Gasteiger partial charge in [0.2, 0.25) is 5.91 Å². The number of carbonyl (C=O) groups excluding carboxylic acids is 1. The van der Waals surface area contributed by atoms with E-state index >= 15 is 0 Å². The summed E-state index contributed by atoms with van der Waals surface area (Å²) in [7, 11) is 0. The molecule has 1 N–H and O–H groups in total. The second-order valence-electron chi connectivity index (χ2n) is 4.80. The van der Waals surface area contributed by atoms with Crippen molar-refractivity contribution in [1.29, 1.82) is 0 Å². The van der Waals surface area contributed by atoms with Gasteiger partial charge in [0.15, 0.2) is 0 Å². The number of aromatic nitrogens is 1. The summed E-state index contributed by atoms with van der Waals surface area (Å²) in [6.45, 7) is 7.20. The summed E-state index contributed by atoms with van der Waals surface area (Å²) in [5.41, 5.74) is 1.07. The zero-order chi connectivity index (χ0) is 13.7. The molecule has 19 heavy (non-hydrogen) atoms. The molecule has 1 amide bonds. The first-order valence-electron chi connectivity index (χ1n) is 6.80. The Labute approximate surface area is 114 Å². The van der Waals surface area contributed by atoms with Crippen LogP contribution in [0.15, 0.2) is 18.3 Å². The minimum absolute atomic E-state index is 0.0146. The third-order valence-electron chi connectivity index (χ3n) is 3.44. The van der Waals surface area contributed by atoms with E-state index in [0.717, 1.165) is 38.4 Å². The van der Waals surface area contributed by atoms with E-state index in [9.17, 15) is 4.79 Å². The standard InChI is InChI=1S/C14H21N3O2/c1-3-11(2)14(18)16-13-5-4-12(10-15-13)17-6-8-19-9-7-17/h4-5,10-11H,3,6-9H2,1-2H3,(H,15,16,18). The Bertz CT molecular complexity index is 413. The van der Waals surface area contributed by atoms with Crippen molar-refractivity contribution in [2.24, 2.45) is 5.92 Å². The highest BCUT2D eigenvalue weighted by molar-refractivity contribution is 5.91. The van der Waals surface area contributed by atoms with Gasteiger partial charge < -0.3 is 15.0 Å². The Kier molecular flexibility index (Phi) is 4.74. The van der Waals surface area contributed by atoms with Crippen molar-refractivity contribution < 1.29 is 9.53 Å². The summed E-state index contributed by atoms with van der Waals surface area (Å²) < 4.78 is 5.32. The van der Waals surface area contributed by atoms with Gasteiger partial charge in [-0.1, -0.05) is 13.8 Å². The number of ether oxygens (including phenoxy) is 1. The van der Waals surface area contributed by atoms with Gasteiger partial charge in [0.25, 0.3) is 0 Å². The lowest BCUT2D eigenvalue weighted by Crippen LogP contribution is -2.36. The molecule has 1 aliphatic rings. The minimum atomic E-state index is 0.0146. The number of amides is 1. The van der Waals surface area contributed by atoms with Crippen LogP contribution in [0.3, 0.4) is 0 Å². The van der Waals surface area contributed by atoms with Crippen LogP contribution in [0.4, 0.5) is 11.5 Å². The fraction of sp³-hybridized carbons (Fsp3) is 0.571. The first-order valence-corrected chi connectivity index (χ1v) is 6.80. The van der Waals surface area contributed by atoms with E-state index in [1.807, 2.05) is 26.0 Å². The van der Waals surface area contributed by atoms with Crippen LogP contribution in [0.25, 0.3) is 0 Å². The van der Waals surface area contributed by atoms with E-state index in [1.165, 1.54) is 0 Å². The molecule has 2 rings (SSSR count). The molecule has 1 aromatic rings. The Balaban J connectivity index is 1.96. The third-order valence-corrected chi connectivity index (χ3v) is 3.44. The predicted molar refractivity (Wildman–Crippen MR) is 75.4 cm³/mol. The van der Waals surface area contributed by atoms with E-state index < -0.39 is 0 Å². The highest BCUT2D eigenvalue weighted by Gasteiger charge is 2.13. The molecule has 0 aliphatic carbocycles. The molecule has 1 fully saturated rings. The molecule has 1 aliphatic heterocycles. The van der Waals surface area contributed by atoms with Crippen molar-refractivity contribution in [1.82, 2.24) is 4.98 Å². The fourth-order valence-electron chi connectivity index (χ4n) is 1.90. The monoisotopic (exact) mass is 263 g/mol. The second-order valence-corrected chi connectivity index (χ2v) is 4.80. The number of hydrogen-bond acceptors (Lipinski definition) is 4. The van der Waals surface area contributed by atoms with Gasteiger partial charge in [0.05, 0.1) is 25.1 Å². The summed E-state index contributed by atoms with van der Waals surface area (Å²) in [4.78, 5) is 18.3. The average Bonchev–Trinajstić information content (AvgIpc) is 2.48. The Hall–Kier alpha value is -1.62. The van der Waals surface area contributed by atoms with Gasteiger partial charge >= 0.3 is 0 Å². The maximum absolute atomic E-state index is 11.8. The molecule has 5 nitrogen and oxygen atoms in total. The molecule has 1 saturated heterocycles. The fourth-order valence-corrected chi connectivity index (χ4v) is 1.90. The highest BCUT2D eigenvalue weighted by Crippen LogP contribution is 2.17. The number of anilines is 2. The van der Waals surface area contributed by atoms with Gasteiger partial charge in [-0.3, -0.25) is 4.79 Å². The van der Waals surface area contributed by atoms with Gasteiger partial charge in [-0.15, -0.1) is 0 Å². The summed E-state index contributed by atoms with van der Waals surface area (Å²) in [6.07, 6.45) is 2.63. The third kappa shape index (κ3) is 3.67. The van der Waals surface area contributed by atoms with Gasteiger partial charge in [-0.25, -0.2) is 4.98 Å². The molecule has 0 saturated carbocycles. The topological polar surface area (TPSA) is 54.5 Å². The summed E-state index contributed by atoms with van der Waals surface area (Å²) in [5, 5.41) is 2.83. The van der Waals surface area contributed by atoms with E-state index in [2.05, 4.69) is 15.2 Å². The molecule has 104 valence electrons. The van der Waals surface area contributed by atoms with Crippen LogP contribution < -0.4 is 10.2 Å². The van der Waals surface area contributed by atoms with Crippen LogP contribution in [0, 0.1) is 5.92 Å². The van der Waals surface area contributed by atoms with Crippen molar-refractivity contribution in [3.05, 3.63) is 18.3 Å². The molecular weight excluding hydrogens is 242 g/mol. The Morgan fingerprint density at radius 1 is 1.47 bits per heavy atom. The maximum atomic E-state index is 11.8. The van der Waals surface area contributed by atoms with E-state index in [1.54, 1.807) is 6.20 Å². The molecule has 2 heterocycles. The van der Waals surface area contributed by atoms with E-state index in [-0.39, 0.29) is 11.8 Å². The molecule has 0 spiro atoms. The number of nitrogens with one attached hydrogen (secondary N) is 1. The lowest BCUT2D eigenvalue weighted by Gasteiger charge is -2.28. The highest BCUT2D eigenvalue weighted by atomic mass is 16.5. The van der Waals surface area contributed by atoms with Gasteiger partial charge in [-0.05, 0) is 18.6 Å². The molecule has 0 radical (unpaired) electrons. The minimum Gasteiger partial charge on any atom is -0.378 e. The van der Waals surface area contributed by atoms with Crippen molar-refractivity contribution in [3.8, 4) is 0 Å². The number of hydrogen-bond donors (Lipinski definition) is 1. The maximum Gasteiger partial charge on any atom is 0.228 e. The number of rotatable bonds is 4. The first kappa shape index (κ1) is 13.8. The number of morpholine rings is 1. The van der Waals surface area contributed by atoms with Gasteiger partial charge in [0.1, 0.15) is 5.82 Å². The lowest BCUT2D eigenvalue weighted by molar-refractivity contribution is -0.119. The predicted octanol–water partition coefficient (Wildman–Crippen LogP) is 1.90. The zero-order valence-corrected chi connectivity index (χ0v) is 11.6. The smallest absolute Gasteiger partial charge is 0.228 e. The number of nitrogens with zero attached hydrogens (tertiary/aromatic N) is 2. The lowest BCUT2D eigenvalue weighted by atomic mass is 10.1. The molecule has 0 aromatic carbocycles. The van der Waals surface area contributed by atoms with Gasteiger partial charge in [0, 0.05) is 19.0 Å². The molecular formula is C14H21N3O2. The molecule has 1 aromatic heterocycles. The quantitative estimate of drug-likeness (QED) is 0.901. The zero-order valence-electron chi connectivity index (χ0n) is 11.6. The second kappa shape index (κ2) is 6.52. The van der Waals surface area contributed by atoms with Crippen LogP contribution in [0.2, 0.25) is 0 Å². The molecule has 0 bridgehead atoms. The largest absolute Gasteiger partial charge is 0.378 e. The van der Waals surface area contributed by atoms with Crippen molar-refractivity contribution in [2.75, 3.05) is 36.5 Å². The first-order chi connectivity index (χ1) is 9.20. The number of pyridine rings is 1. The summed E-state index contributed by atoms with van der Waals surface area (Å²) in [6, 6.07) is 3.84.